The quantitative estimate of drug-likeness (QED) is 0.272. The van der Waals surface area contributed by atoms with E-state index in [9.17, 15) is 13.2 Å². The van der Waals surface area contributed by atoms with E-state index in [4.69, 9.17) is 23.2 Å². The van der Waals surface area contributed by atoms with Crippen molar-refractivity contribution in [1.82, 2.24) is 0 Å². The van der Waals surface area contributed by atoms with Crippen molar-refractivity contribution in [3.05, 3.63) is 129 Å². The fourth-order valence-electron chi connectivity index (χ4n) is 5.48. The topological polar surface area (TPSA) is 54.5 Å². The molecule has 0 aromatic heterocycles. The van der Waals surface area contributed by atoms with Crippen molar-refractivity contribution in [1.29, 1.82) is 0 Å². The summed E-state index contributed by atoms with van der Waals surface area (Å²) >= 11 is 12.2. The van der Waals surface area contributed by atoms with Gasteiger partial charge in [-0.25, -0.2) is 12.7 Å². The van der Waals surface area contributed by atoms with Crippen LogP contribution in [0.4, 0.5) is 5.69 Å². The van der Waals surface area contributed by atoms with Crippen LogP contribution in [0, 0.1) is 5.41 Å². The van der Waals surface area contributed by atoms with Crippen LogP contribution in [-0.4, -0.2) is 14.3 Å². The number of nitrogens with zero attached hydrogens (tertiary/aromatic N) is 1. The van der Waals surface area contributed by atoms with Gasteiger partial charge in [0.1, 0.15) is 0 Å². The molecule has 37 heavy (non-hydrogen) atoms. The van der Waals surface area contributed by atoms with Gasteiger partial charge in [0.2, 0.25) is 0 Å². The molecule has 6 rings (SSSR count). The Balaban J connectivity index is 1.69. The number of amides is 1. The van der Waals surface area contributed by atoms with E-state index in [1.165, 1.54) is 24.3 Å². The lowest BCUT2D eigenvalue weighted by atomic mass is 9.63. The van der Waals surface area contributed by atoms with E-state index in [1.807, 2.05) is 61.5 Å². The summed E-state index contributed by atoms with van der Waals surface area (Å²) in [5.41, 5.74) is 4.56. The van der Waals surface area contributed by atoms with Crippen molar-refractivity contribution in [2.75, 3.05) is 4.31 Å². The van der Waals surface area contributed by atoms with Gasteiger partial charge in [-0.15, -0.1) is 0 Å². The average Bonchev–Trinajstić information content (AvgIpc) is 2.89. The highest BCUT2D eigenvalue weighted by Crippen LogP contribution is 2.56. The fourth-order valence-corrected chi connectivity index (χ4v) is 7.26. The van der Waals surface area contributed by atoms with Gasteiger partial charge in [0, 0.05) is 15.6 Å². The van der Waals surface area contributed by atoms with Gasteiger partial charge < -0.3 is 0 Å². The molecule has 0 radical (unpaired) electrons. The lowest BCUT2D eigenvalue weighted by molar-refractivity contribution is -0.123. The van der Waals surface area contributed by atoms with E-state index in [1.54, 1.807) is 12.1 Å². The number of para-hydroxylation sites is 1. The van der Waals surface area contributed by atoms with Crippen LogP contribution in [-0.2, 0) is 21.2 Å². The molecule has 1 heterocycles. The number of hydrogen-bond acceptors (Lipinski definition) is 3. The molecule has 1 aliphatic carbocycles. The largest absolute Gasteiger partial charge is 0.272 e. The Bertz CT molecular complexity index is 1710. The summed E-state index contributed by atoms with van der Waals surface area (Å²) in [5, 5.41) is 1.03. The molecule has 4 aromatic carbocycles. The van der Waals surface area contributed by atoms with Crippen LogP contribution in [0.1, 0.15) is 29.2 Å². The lowest BCUT2D eigenvalue weighted by Gasteiger charge is -2.45. The summed E-state index contributed by atoms with van der Waals surface area (Å²) in [6.07, 6.45) is 0.370. The summed E-state index contributed by atoms with van der Waals surface area (Å²) in [6, 6.07) is 28.6. The maximum Gasteiger partial charge on any atom is 0.270 e. The number of rotatable bonds is 3. The van der Waals surface area contributed by atoms with E-state index in [0.29, 0.717) is 27.7 Å². The van der Waals surface area contributed by atoms with Gasteiger partial charge in [-0.05, 0) is 83.6 Å². The van der Waals surface area contributed by atoms with E-state index in [2.05, 4.69) is 6.07 Å². The molecule has 7 heteroatoms. The highest BCUT2D eigenvalue weighted by atomic mass is 35.5. The third-order valence-electron chi connectivity index (χ3n) is 7.17. The molecular weight excluding hydrogens is 525 g/mol. The first-order chi connectivity index (χ1) is 17.7. The third kappa shape index (κ3) is 3.64. The van der Waals surface area contributed by atoms with Crippen LogP contribution < -0.4 is 4.31 Å². The number of benzene rings is 4. The minimum atomic E-state index is -4.21. The molecule has 0 saturated carbocycles. The fraction of sp³-hybridized carbons (Fsp3) is 0.100. The van der Waals surface area contributed by atoms with Crippen molar-refractivity contribution < 1.29 is 13.2 Å². The van der Waals surface area contributed by atoms with Crippen molar-refractivity contribution in [2.45, 2.75) is 18.2 Å². The molecule has 0 saturated heterocycles. The van der Waals surface area contributed by atoms with Crippen LogP contribution in [0.15, 0.2) is 102 Å². The second kappa shape index (κ2) is 8.59. The molecule has 0 unspecified atom stereocenters. The van der Waals surface area contributed by atoms with E-state index >= 15 is 0 Å². The number of hydrogen-bond donors (Lipinski definition) is 0. The van der Waals surface area contributed by atoms with Crippen molar-refractivity contribution >= 4 is 56.0 Å². The Morgan fingerprint density at radius 3 is 2.00 bits per heavy atom. The second-order valence-electron chi connectivity index (χ2n) is 9.47. The smallest absolute Gasteiger partial charge is 0.270 e. The van der Waals surface area contributed by atoms with Gasteiger partial charge >= 0.3 is 0 Å². The number of anilines is 1. The van der Waals surface area contributed by atoms with Crippen LogP contribution in [0.2, 0.25) is 10.0 Å². The first-order valence-electron chi connectivity index (χ1n) is 11.8. The van der Waals surface area contributed by atoms with Crippen LogP contribution >= 0.6 is 23.2 Å². The molecule has 1 aliphatic heterocycles. The number of carbonyl (C=O) groups excluding carboxylic acids is 1. The summed E-state index contributed by atoms with van der Waals surface area (Å²) in [6.45, 7) is 1.84. The minimum Gasteiger partial charge on any atom is -0.272 e. The molecule has 0 fully saturated rings. The molecule has 1 amide bonds. The molecule has 2 aliphatic rings. The summed E-state index contributed by atoms with van der Waals surface area (Å²) in [4.78, 5) is 14.4. The summed E-state index contributed by atoms with van der Waals surface area (Å²) < 4.78 is 28.9. The highest BCUT2D eigenvalue weighted by Gasteiger charge is 2.53. The summed E-state index contributed by atoms with van der Waals surface area (Å²) in [7, 11) is -4.21. The SMILES string of the molecule is C[C@]12Cc3ccccc3C(c3ccc(Cl)cc3)=C1c1ccccc1N(S(=O)(=O)c1ccc(Cl)cc1)C2=O. The minimum absolute atomic E-state index is 0.00483. The maximum absolute atomic E-state index is 14.4. The van der Waals surface area contributed by atoms with Crippen molar-refractivity contribution in [3.63, 3.8) is 0 Å². The molecule has 4 nitrogen and oxygen atoms in total. The van der Waals surface area contributed by atoms with E-state index in [-0.39, 0.29) is 4.90 Å². The van der Waals surface area contributed by atoms with E-state index < -0.39 is 21.3 Å². The number of carbonyl (C=O) groups is 1. The van der Waals surface area contributed by atoms with Gasteiger partial charge in [0.05, 0.1) is 16.0 Å². The van der Waals surface area contributed by atoms with Gasteiger partial charge in [-0.1, -0.05) is 77.8 Å². The van der Waals surface area contributed by atoms with Crippen LogP contribution in [0.25, 0.3) is 11.1 Å². The second-order valence-corrected chi connectivity index (χ2v) is 12.1. The Morgan fingerprint density at radius 1 is 0.757 bits per heavy atom. The highest BCUT2D eigenvalue weighted by molar-refractivity contribution is 7.93. The molecule has 4 aromatic rings. The van der Waals surface area contributed by atoms with Crippen molar-refractivity contribution in [2.24, 2.45) is 5.41 Å². The van der Waals surface area contributed by atoms with Gasteiger partial charge in [0.25, 0.3) is 15.9 Å². The van der Waals surface area contributed by atoms with Crippen LogP contribution in [0.5, 0.6) is 0 Å². The molecule has 1 atom stereocenters. The molecular formula is C30H21Cl2NO3S. The average molecular weight is 546 g/mol. The zero-order valence-corrected chi connectivity index (χ0v) is 22.1. The third-order valence-corrected chi connectivity index (χ3v) is 9.38. The van der Waals surface area contributed by atoms with E-state index in [0.717, 1.165) is 32.1 Å². The van der Waals surface area contributed by atoms with Crippen LogP contribution in [0.3, 0.4) is 0 Å². The molecule has 184 valence electrons. The van der Waals surface area contributed by atoms with Gasteiger partial charge in [0.15, 0.2) is 0 Å². The number of sulfonamides is 1. The maximum atomic E-state index is 14.4. The Hall–Kier alpha value is -3.38. The zero-order valence-electron chi connectivity index (χ0n) is 19.8. The Labute approximate surface area is 225 Å². The predicted octanol–water partition coefficient (Wildman–Crippen LogP) is 7.25. The Kier molecular flexibility index (Phi) is 5.57. The molecule has 0 spiro atoms. The number of halogens is 2. The first kappa shape index (κ1) is 24.0. The van der Waals surface area contributed by atoms with Gasteiger partial charge in [-0.3, -0.25) is 4.79 Å². The molecule has 0 N–H and O–H groups in total. The molecule has 0 bridgehead atoms. The first-order valence-corrected chi connectivity index (χ1v) is 13.9. The Morgan fingerprint density at radius 2 is 1.32 bits per heavy atom. The zero-order chi connectivity index (χ0) is 25.9. The van der Waals surface area contributed by atoms with Gasteiger partial charge in [-0.2, -0.15) is 0 Å². The predicted molar refractivity (Wildman–Crippen MR) is 148 cm³/mol. The number of fused-ring (bicyclic) bond motifs is 4. The standard InChI is InChI=1S/C30H21Cl2NO3S/c1-30-18-20-6-2-3-7-24(20)27(19-10-12-21(31)13-11-19)28(30)25-8-4-5-9-26(25)33(29(30)34)37(35,36)23-16-14-22(32)15-17-23/h2-17H,18H2,1H3/t30-/m0/s1. The normalized spacial score (nSPS) is 18.8. The lowest BCUT2D eigenvalue weighted by Crippen LogP contribution is -2.51. The van der Waals surface area contributed by atoms with Crippen molar-refractivity contribution in [3.8, 4) is 0 Å². The monoisotopic (exact) mass is 545 g/mol. The summed E-state index contributed by atoms with van der Waals surface area (Å²) in [5.74, 6) is -0.489.